The second kappa shape index (κ2) is 7.11. The molecule has 5 heteroatoms. The van der Waals surface area contributed by atoms with Gasteiger partial charge < -0.3 is 4.74 Å². The van der Waals surface area contributed by atoms with Crippen molar-refractivity contribution in [3.05, 3.63) is 36.4 Å². The molecule has 1 N–H and O–H groups in total. The van der Waals surface area contributed by atoms with Crippen LogP contribution in [0.5, 0.6) is 5.75 Å². The molecule has 0 radical (unpaired) electrons. The lowest BCUT2D eigenvalue weighted by Crippen LogP contribution is -2.41. The van der Waals surface area contributed by atoms with E-state index in [1.807, 2.05) is 31.2 Å². The second-order valence-electron chi connectivity index (χ2n) is 6.53. The molecule has 0 heterocycles. The minimum absolute atomic E-state index is 0.0223. The van der Waals surface area contributed by atoms with Crippen molar-refractivity contribution >= 4 is 20.8 Å². The highest BCUT2D eigenvalue weighted by Gasteiger charge is 2.28. The third-order valence-electron chi connectivity index (χ3n) is 4.85. The van der Waals surface area contributed by atoms with Gasteiger partial charge in [-0.3, -0.25) is 0 Å². The molecule has 0 aromatic heterocycles. The molecular formula is C19H25NO3S. The molecule has 1 saturated carbocycles. The van der Waals surface area contributed by atoms with Gasteiger partial charge in [-0.25, -0.2) is 13.1 Å². The van der Waals surface area contributed by atoms with E-state index in [0.29, 0.717) is 22.8 Å². The summed E-state index contributed by atoms with van der Waals surface area (Å²) in [5.74, 6) is 1.10. The Morgan fingerprint density at radius 3 is 2.50 bits per heavy atom. The molecule has 2 aromatic rings. The van der Waals surface area contributed by atoms with Crippen LogP contribution in [-0.2, 0) is 10.0 Å². The van der Waals surface area contributed by atoms with Crippen molar-refractivity contribution in [1.82, 2.24) is 4.72 Å². The summed E-state index contributed by atoms with van der Waals surface area (Å²) in [4.78, 5) is 0.333. The normalized spacial score (nSPS) is 21.8. The summed E-state index contributed by atoms with van der Waals surface area (Å²) in [7, 11) is -3.56. The van der Waals surface area contributed by atoms with Crippen LogP contribution >= 0.6 is 0 Å². The van der Waals surface area contributed by atoms with Crippen LogP contribution in [0.1, 0.15) is 39.5 Å². The van der Waals surface area contributed by atoms with Gasteiger partial charge in [-0.05, 0) is 37.8 Å². The van der Waals surface area contributed by atoms with Gasteiger partial charge in [0, 0.05) is 16.8 Å². The molecule has 3 rings (SSSR count). The fourth-order valence-electron chi connectivity index (χ4n) is 3.51. The molecule has 24 heavy (non-hydrogen) atoms. The van der Waals surface area contributed by atoms with Gasteiger partial charge >= 0.3 is 0 Å². The quantitative estimate of drug-likeness (QED) is 0.886. The van der Waals surface area contributed by atoms with Crippen molar-refractivity contribution in [1.29, 1.82) is 0 Å². The Morgan fingerprint density at radius 2 is 1.79 bits per heavy atom. The van der Waals surface area contributed by atoms with E-state index in [9.17, 15) is 8.42 Å². The van der Waals surface area contributed by atoms with Crippen molar-refractivity contribution in [2.45, 2.75) is 50.5 Å². The number of hydrogen-bond acceptors (Lipinski definition) is 3. The number of hydrogen-bond donors (Lipinski definition) is 1. The van der Waals surface area contributed by atoms with E-state index in [0.717, 1.165) is 30.4 Å². The first-order valence-electron chi connectivity index (χ1n) is 8.70. The Labute approximate surface area is 144 Å². The molecule has 1 aliphatic rings. The molecule has 0 aliphatic heterocycles. The van der Waals surface area contributed by atoms with Crippen molar-refractivity contribution in [3.8, 4) is 5.75 Å². The lowest BCUT2D eigenvalue weighted by atomic mass is 9.87. The summed E-state index contributed by atoms with van der Waals surface area (Å²) in [6.45, 7) is 4.60. The van der Waals surface area contributed by atoms with E-state index < -0.39 is 10.0 Å². The highest BCUT2D eigenvalue weighted by atomic mass is 32.2. The van der Waals surface area contributed by atoms with Gasteiger partial charge in [0.2, 0.25) is 10.0 Å². The van der Waals surface area contributed by atoms with E-state index >= 15 is 0 Å². The van der Waals surface area contributed by atoms with Gasteiger partial charge in [0.15, 0.2) is 0 Å². The van der Waals surface area contributed by atoms with Crippen molar-refractivity contribution in [2.24, 2.45) is 5.92 Å². The molecule has 130 valence electrons. The van der Waals surface area contributed by atoms with Gasteiger partial charge in [0.1, 0.15) is 5.75 Å². The summed E-state index contributed by atoms with van der Waals surface area (Å²) in [5.41, 5.74) is 0. The number of ether oxygens (including phenoxy) is 1. The fraction of sp³-hybridized carbons (Fsp3) is 0.474. The maximum Gasteiger partial charge on any atom is 0.241 e. The largest absolute Gasteiger partial charge is 0.493 e. The molecule has 0 unspecified atom stereocenters. The van der Waals surface area contributed by atoms with E-state index in [1.165, 1.54) is 6.42 Å². The highest BCUT2D eigenvalue weighted by molar-refractivity contribution is 7.89. The predicted octanol–water partition coefficient (Wildman–Crippen LogP) is 4.10. The molecule has 0 amide bonds. The second-order valence-corrected chi connectivity index (χ2v) is 8.21. The van der Waals surface area contributed by atoms with E-state index in [4.69, 9.17) is 4.74 Å². The zero-order valence-electron chi connectivity index (χ0n) is 14.3. The van der Waals surface area contributed by atoms with E-state index in [-0.39, 0.29) is 6.04 Å². The minimum Gasteiger partial charge on any atom is -0.493 e. The van der Waals surface area contributed by atoms with Crippen LogP contribution in [0.3, 0.4) is 0 Å². The SMILES string of the molecule is CCOc1ccc(S(=O)(=O)N[C@@H]2CCCC[C@@H]2C)c2ccccc12. The van der Waals surface area contributed by atoms with Gasteiger partial charge in [-0.1, -0.05) is 44.0 Å². The number of fused-ring (bicyclic) bond motifs is 1. The van der Waals surface area contributed by atoms with Crippen molar-refractivity contribution in [3.63, 3.8) is 0 Å². The van der Waals surface area contributed by atoms with Crippen LogP contribution in [0.4, 0.5) is 0 Å². The Balaban J connectivity index is 2.00. The van der Waals surface area contributed by atoms with Crippen LogP contribution in [0.25, 0.3) is 10.8 Å². The average Bonchev–Trinajstić information content (AvgIpc) is 2.57. The van der Waals surface area contributed by atoms with E-state index in [2.05, 4.69) is 11.6 Å². The van der Waals surface area contributed by atoms with Crippen LogP contribution in [0.2, 0.25) is 0 Å². The standard InChI is InChI=1S/C19H25NO3S/c1-3-23-18-12-13-19(16-10-6-5-9-15(16)18)24(21,22)20-17-11-7-4-8-14(17)2/h5-6,9-10,12-14,17,20H,3-4,7-8,11H2,1-2H3/t14-,17+/m0/s1. The molecular weight excluding hydrogens is 322 g/mol. The summed E-state index contributed by atoms with van der Waals surface area (Å²) in [5, 5.41) is 1.54. The van der Waals surface area contributed by atoms with Gasteiger partial charge in [0.25, 0.3) is 0 Å². The third-order valence-corrected chi connectivity index (χ3v) is 6.40. The Morgan fingerprint density at radius 1 is 1.08 bits per heavy atom. The zero-order valence-corrected chi connectivity index (χ0v) is 15.1. The van der Waals surface area contributed by atoms with Gasteiger partial charge in [-0.15, -0.1) is 0 Å². The van der Waals surface area contributed by atoms with Gasteiger partial charge in [0.05, 0.1) is 11.5 Å². The molecule has 2 atom stereocenters. The Hall–Kier alpha value is -1.59. The Kier molecular flexibility index (Phi) is 5.11. The molecule has 1 fully saturated rings. The van der Waals surface area contributed by atoms with Gasteiger partial charge in [-0.2, -0.15) is 0 Å². The maximum absolute atomic E-state index is 13.0. The average molecular weight is 347 g/mol. The Bertz CT molecular complexity index is 816. The van der Waals surface area contributed by atoms with Crippen molar-refractivity contribution < 1.29 is 13.2 Å². The van der Waals surface area contributed by atoms with Crippen LogP contribution < -0.4 is 9.46 Å². The first-order chi connectivity index (χ1) is 11.5. The first kappa shape index (κ1) is 17.2. The number of nitrogens with one attached hydrogen (secondary N) is 1. The zero-order chi connectivity index (χ0) is 17.2. The van der Waals surface area contributed by atoms with Crippen molar-refractivity contribution in [2.75, 3.05) is 6.61 Å². The molecule has 0 bridgehead atoms. The summed E-state index contributed by atoms with van der Waals surface area (Å²) in [6, 6.07) is 10.9. The number of sulfonamides is 1. The smallest absolute Gasteiger partial charge is 0.241 e. The predicted molar refractivity (Wildman–Crippen MR) is 96.9 cm³/mol. The summed E-state index contributed by atoms with van der Waals surface area (Å²) < 4.78 is 34.5. The molecule has 0 spiro atoms. The van der Waals surface area contributed by atoms with E-state index in [1.54, 1.807) is 12.1 Å². The molecule has 0 saturated heterocycles. The molecule has 1 aliphatic carbocycles. The van der Waals surface area contributed by atoms with Crippen LogP contribution in [-0.4, -0.2) is 21.1 Å². The molecule has 4 nitrogen and oxygen atoms in total. The van der Waals surface area contributed by atoms with Crippen LogP contribution in [0, 0.1) is 5.92 Å². The topological polar surface area (TPSA) is 55.4 Å². The monoisotopic (exact) mass is 347 g/mol. The van der Waals surface area contributed by atoms with Crippen LogP contribution in [0.15, 0.2) is 41.3 Å². The fourth-order valence-corrected chi connectivity index (χ4v) is 5.10. The summed E-state index contributed by atoms with van der Waals surface area (Å²) in [6.07, 6.45) is 4.26. The lowest BCUT2D eigenvalue weighted by molar-refractivity contribution is 0.310. The first-order valence-corrected chi connectivity index (χ1v) is 10.2. The summed E-state index contributed by atoms with van der Waals surface area (Å²) >= 11 is 0. The highest BCUT2D eigenvalue weighted by Crippen LogP contribution is 2.32. The minimum atomic E-state index is -3.56. The lowest BCUT2D eigenvalue weighted by Gasteiger charge is -2.29. The number of benzene rings is 2. The maximum atomic E-state index is 13.0. The third kappa shape index (κ3) is 3.42. The number of rotatable bonds is 5. The molecule has 2 aromatic carbocycles.